The highest BCUT2D eigenvalue weighted by molar-refractivity contribution is 7.10. The maximum absolute atomic E-state index is 12.6. The molecular weight excluding hydrogens is 284 g/mol. The van der Waals surface area contributed by atoms with E-state index >= 15 is 0 Å². The average Bonchev–Trinajstić information content (AvgIpc) is 3.05. The summed E-state index contributed by atoms with van der Waals surface area (Å²) in [6.45, 7) is 1.57. The van der Waals surface area contributed by atoms with E-state index in [9.17, 15) is 4.79 Å². The van der Waals surface area contributed by atoms with Gasteiger partial charge in [0.2, 0.25) is 5.91 Å². The summed E-state index contributed by atoms with van der Waals surface area (Å²) >= 11 is 1.50. The predicted molar refractivity (Wildman–Crippen MR) is 85.0 cm³/mol. The number of carbonyl (C=O) groups is 1. The first-order valence-corrected chi connectivity index (χ1v) is 7.71. The molecule has 1 amide bonds. The number of hydrogen-bond acceptors (Lipinski definition) is 4. The number of methoxy groups -OCH3 is 1. The maximum atomic E-state index is 12.6. The van der Waals surface area contributed by atoms with Crippen LogP contribution in [-0.2, 0) is 16.1 Å². The first-order chi connectivity index (χ1) is 10.2. The minimum absolute atomic E-state index is 0.0710. The second kappa shape index (κ2) is 7.93. The maximum Gasteiger partial charge on any atom is 0.245 e. The van der Waals surface area contributed by atoms with Gasteiger partial charge in [0.25, 0.3) is 0 Å². The third-order valence-corrected chi connectivity index (χ3v) is 4.16. The quantitative estimate of drug-likeness (QED) is 0.854. The second-order valence-corrected chi connectivity index (χ2v) is 5.71. The van der Waals surface area contributed by atoms with Crippen molar-refractivity contribution < 1.29 is 9.53 Å². The third-order valence-electron chi connectivity index (χ3n) is 3.21. The highest BCUT2D eigenvalue weighted by Gasteiger charge is 2.23. The molecule has 112 valence electrons. The van der Waals surface area contributed by atoms with E-state index in [1.54, 1.807) is 12.0 Å². The van der Waals surface area contributed by atoms with Gasteiger partial charge in [0.15, 0.2) is 0 Å². The molecule has 2 aromatic rings. The number of nitrogens with two attached hydrogens (primary N) is 1. The van der Waals surface area contributed by atoms with Gasteiger partial charge in [0.05, 0.1) is 6.61 Å². The Kier molecular flexibility index (Phi) is 5.92. The molecule has 0 aliphatic carbocycles. The van der Waals surface area contributed by atoms with E-state index in [1.165, 1.54) is 11.3 Å². The van der Waals surface area contributed by atoms with Crippen LogP contribution in [0.4, 0.5) is 0 Å². The van der Waals surface area contributed by atoms with Crippen molar-refractivity contribution in [2.75, 3.05) is 20.3 Å². The van der Waals surface area contributed by atoms with Gasteiger partial charge in [-0.05, 0) is 17.0 Å². The van der Waals surface area contributed by atoms with Gasteiger partial charge in [0, 0.05) is 25.1 Å². The average molecular weight is 304 g/mol. The Bertz CT molecular complexity index is 543. The Morgan fingerprint density at radius 2 is 2.05 bits per heavy atom. The number of ether oxygens (including phenoxy) is 1. The van der Waals surface area contributed by atoms with Gasteiger partial charge in [0.1, 0.15) is 6.04 Å². The van der Waals surface area contributed by atoms with Crippen LogP contribution < -0.4 is 5.73 Å². The third kappa shape index (κ3) is 4.39. The number of rotatable bonds is 7. The highest BCUT2D eigenvalue weighted by Crippen LogP contribution is 2.19. The molecule has 0 bridgehead atoms. The Morgan fingerprint density at radius 3 is 2.67 bits per heavy atom. The van der Waals surface area contributed by atoms with Crippen LogP contribution in [0.2, 0.25) is 0 Å². The van der Waals surface area contributed by atoms with Crippen LogP contribution >= 0.6 is 11.3 Å². The van der Waals surface area contributed by atoms with Crippen molar-refractivity contribution in [1.29, 1.82) is 0 Å². The Morgan fingerprint density at radius 1 is 1.29 bits per heavy atom. The van der Waals surface area contributed by atoms with Crippen LogP contribution in [0, 0.1) is 0 Å². The van der Waals surface area contributed by atoms with Gasteiger partial charge in [-0.15, -0.1) is 11.3 Å². The molecule has 21 heavy (non-hydrogen) atoms. The highest BCUT2D eigenvalue weighted by atomic mass is 32.1. The largest absolute Gasteiger partial charge is 0.383 e. The zero-order valence-corrected chi connectivity index (χ0v) is 12.9. The number of benzene rings is 1. The van der Waals surface area contributed by atoms with E-state index in [1.807, 2.05) is 47.8 Å². The lowest BCUT2D eigenvalue weighted by molar-refractivity contribution is -0.134. The molecule has 1 aromatic heterocycles. The molecular formula is C16H20N2O2S. The van der Waals surface area contributed by atoms with Gasteiger partial charge < -0.3 is 15.4 Å². The van der Waals surface area contributed by atoms with Gasteiger partial charge in [-0.25, -0.2) is 0 Å². The molecule has 2 rings (SSSR count). The minimum atomic E-state index is -0.606. The number of thiophene rings is 1. The molecule has 0 saturated carbocycles. The lowest BCUT2D eigenvalue weighted by atomic mass is 10.1. The number of hydrogen-bond donors (Lipinski definition) is 1. The molecule has 0 radical (unpaired) electrons. The number of amides is 1. The molecule has 2 N–H and O–H groups in total. The Balaban J connectivity index is 2.09. The smallest absolute Gasteiger partial charge is 0.245 e. The summed E-state index contributed by atoms with van der Waals surface area (Å²) in [5.41, 5.74) is 7.17. The van der Waals surface area contributed by atoms with Crippen LogP contribution in [-0.4, -0.2) is 31.1 Å². The van der Waals surface area contributed by atoms with Crippen LogP contribution in [0.25, 0.3) is 0 Å². The molecule has 0 fully saturated rings. The van der Waals surface area contributed by atoms with Gasteiger partial charge in [-0.2, -0.15) is 0 Å². The second-order valence-electron chi connectivity index (χ2n) is 4.73. The molecule has 1 unspecified atom stereocenters. The predicted octanol–water partition coefficient (Wildman–Crippen LogP) is 2.42. The number of carbonyl (C=O) groups excluding carboxylic acids is 1. The number of nitrogens with zero attached hydrogens (tertiary/aromatic N) is 1. The first kappa shape index (κ1) is 15.7. The standard InChI is InChI=1S/C16H20N2O2S/c1-20-10-9-18(12-13-6-3-2-4-7-13)16(19)15(17)14-8-5-11-21-14/h2-8,11,15H,9-10,12,17H2,1H3. The first-order valence-electron chi connectivity index (χ1n) is 6.83. The molecule has 1 atom stereocenters. The van der Waals surface area contributed by atoms with Crippen LogP contribution in [0.1, 0.15) is 16.5 Å². The summed E-state index contributed by atoms with van der Waals surface area (Å²) in [6.07, 6.45) is 0. The summed E-state index contributed by atoms with van der Waals surface area (Å²) < 4.78 is 5.10. The fourth-order valence-electron chi connectivity index (χ4n) is 2.06. The van der Waals surface area contributed by atoms with Crippen molar-refractivity contribution in [3.63, 3.8) is 0 Å². The van der Waals surface area contributed by atoms with Crippen molar-refractivity contribution in [2.45, 2.75) is 12.6 Å². The lowest BCUT2D eigenvalue weighted by Gasteiger charge is -2.25. The Hall–Kier alpha value is -1.69. The molecule has 5 heteroatoms. The molecule has 1 heterocycles. The monoisotopic (exact) mass is 304 g/mol. The van der Waals surface area contributed by atoms with Crippen LogP contribution in [0.3, 0.4) is 0 Å². The summed E-state index contributed by atoms with van der Waals surface area (Å²) in [6, 6.07) is 13.1. The molecule has 0 aliphatic rings. The molecule has 1 aromatic carbocycles. The van der Waals surface area contributed by atoms with Crippen molar-refractivity contribution in [1.82, 2.24) is 4.90 Å². The van der Waals surface area contributed by atoms with Crippen molar-refractivity contribution >= 4 is 17.2 Å². The summed E-state index contributed by atoms with van der Waals surface area (Å²) in [5.74, 6) is -0.0710. The van der Waals surface area contributed by atoms with Crippen molar-refractivity contribution in [2.24, 2.45) is 5.73 Å². The Labute approximate surface area is 129 Å². The molecule has 4 nitrogen and oxygen atoms in total. The molecule has 0 saturated heterocycles. The topological polar surface area (TPSA) is 55.6 Å². The van der Waals surface area contributed by atoms with Gasteiger partial charge >= 0.3 is 0 Å². The summed E-state index contributed by atoms with van der Waals surface area (Å²) in [7, 11) is 1.63. The van der Waals surface area contributed by atoms with Gasteiger partial charge in [-0.1, -0.05) is 36.4 Å². The lowest BCUT2D eigenvalue weighted by Crippen LogP contribution is -2.39. The molecule has 0 aliphatic heterocycles. The van der Waals surface area contributed by atoms with E-state index in [0.717, 1.165) is 10.4 Å². The fourth-order valence-corrected chi connectivity index (χ4v) is 2.78. The minimum Gasteiger partial charge on any atom is -0.383 e. The van der Waals surface area contributed by atoms with E-state index < -0.39 is 6.04 Å². The van der Waals surface area contributed by atoms with Gasteiger partial charge in [-0.3, -0.25) is 4.79 Å². The van der Waals surface area contributed by atoms with Crippen LogP contribution in [0.5, 0.6) is 0 Å². The van der Waals surface area contributed by atoms with E-state index in [2.05, 4.69) is 0 Å². The fraction of sp³-hybridized carbons (Fsp3) is 0.312. The van der Waals surface area contributed by atoms with Crippen molar-refractivity contribution in [3.05, 3.63) is 58.3 Å². The zero-order valence-electron chi connectivity index (χ0n) is 12.1. The SMILES string of the molecule is COCCN(Cc1ccccc1)C(=O)C(N)c1cccs1. The summed E-state index contributed by atoms with van der Waals surface area (Å²) in [5, 5.41) is 1.93. The van der Waals surface area contributed by atoms with Crippen molar-refractivity contribution in [3.8, 4) is 0 Å². The van der Waals surface area contributed by atoms with E-state index in [0.29, 0.717) is 19.7 Å². The molecule has 0 spiro atoms. The zero-order chi connectivity index (χ0) is 15.1. The summed E-state index contributed by atoms with van der Waals surface area (Å²) in [4.78, 5) is 15.2. The normalized spacial score (nSPS) is 12.1. The van der Waals surface area contributed by atoms with E-state index in [-0.39, 0.29) is 5.91 Å². The van der Waals surface area contributed by atoms with Crippen LogP contribution in [0.15, 0.2) is 47.8 Å². The van der Waals surface area contributed by atoms with E-state index in [4.69, 9.17) is 10.5 Å².